The van der Waals surface area contributed by atoms with Crippen LogP contribution in [-0.2, 0) is 0 Å². The first-order valence-corrected chi connectivity index (χ1v) is 6.03. The topological polar surface area (TPSA) is 15.3 Å². The lowest BCUT2D eigenvalue weighted by molar-refractivity contribution is 1.13. The van der Waals surface area contributed by atoms with Crippen molar-refractivity contribution in [2.75, 3.05) is 30.0 Å². The van der Waals surface area contributed by atoms with Gasteiger partial charge in [-0.15, -0.1) is 0 Å². The summed E-state index contributed by atoms with van der Waals surface area (Å²) in [6, 6.07) is 8.34. The molecule has 14 heavy (non-hydrogen) atoms. The van der Waals surface area contributed by atoms with E-state index in [1.807, 2.05) is 34.2 Å². The summed E-state index contributed by atoms with van der Waals surface area (Å²) in [7, 11) is 4.08. The minimum absolute atomic E-state index is 1.15. The Morgan fingerprint density at radius 2 is 1.57 bits per heavy atom. The predicted octanol–water partition coefficient (Wildman–Crippen LogP) is 3.47. The van der Waals surface area contributed by atoms with Gasteiger partial charge < -0.3 is 9.62 Å². The third-order valence-electron chi connectivity index (χ3n) is 1.60. The van der Waals surface area contributed by atoms with Gasteiger partial charge in [-0.25, -0.2) is 0 Å². The highest BCUT2D eigenvalue weighted by Crippen LogP contribution is 2.16. The summed E-state index contributed by atoms with van der Waals surface area (Å²) in [5, 5.41) is 0. The minimum Gasteiger partial charge on any atom is -0.378 e. The Balaban J connectivity index is 0.000000791. The third kappa shape index (κ3) is 4.42. The molecule has 0 unspecified atom stereocenters. The van der Waals surface area contributed by atoms with Crippen LogP contribution in [0.15, 0.2) is 24.3 Å². The van der Waals surface area contributed by atoms with Crippen molar-refractivity contribution in [2.24, 2.45) is 0 Å². The maximum absolute atomic E-state index is 3.17. The van der Waals surface area contributed by atoms with E-state index in [0.717, 1.165) is 5.69 Å². The first-order chi connectivity index (χ1) is 6.74. The van der Waals surface area contributed by atoms with Gasteiger partial charge in [-0.05, 0) is 24.3 Å². The SMILES string of the molecule is CC.CSNc1ccc(N(C)C)cc1. The van der Waals surface area contributed by atoms with E-state index in [2.05, 4.69) is 33.9 Å². The fourth-order valence-corrected chi connectivity index (χ4v) is 1.32. The number of nitrogens with zero attached hydrogens (tertiary/aromatic N) is 1. The smallest absolute Gasteiger partial charge is 0.0441 e. The van der Waals surface area contributed by atoms with Crippen LogP contribution in [-0.4, -0.2) is 20.4 Å². The van der Waals surface area contributed by atoms with Crippen molar-refractivity contribution < 1.29 is 0 Å². The molecular formula is C11H20N2S. The Kier molecular flexibility index (Phi) is 7.11. The Morgan fingerprint density at radius 3 is 1.93 bits per heavy atom. The highest BCUT2D eigenvalue weighted by atomic mass is 32.2. The molecule has 0 aliphatic heterocycles. The van der Waals surface area contributed by atoms with Crippen molar-refractivity contribution in [2.45, 2.75) is 13.8 Å². The summed E-state index contributed by atoms with van der Waals surface area (Å²) >= 11 is 1.61. The molecule has 0 bridgehead atoms. The Morgan fingerprint density at radius 1 is 1.07 bits per heavy atom. The van der Waals surface area contributed by atoms with Crippen LogP contribution in [0.4, 0.5) is 11.4 Å². The van der Waals surface area contributed by atoms with Crippen LogP contribution in [0.1, 0.15) is 13.8 Å². The van der Waals surface area contributed by atoms with Crippen molar-refractivity contribution in [3.8, 4) is 0 Å². The van der Waals surface area contributed by atoms with Crippen LogP contribution in [0.25, 0.3) is 0 Å². The quantitative estimate of drug-likeness (QED) is 0.772. The van der Waals surface area contributed by atoms with E-state index in [1.165, 1.54) is 5.69 Å². The second kappa shape index (κ2) is 7.56. The molecule has 0 saturated carbocycles. The molecule has 0 fully saturated rings. The predicted molar refractivity (Wildman–Crippen MR) is 69.3 cm³/mol. The molecule has 1 aromatic rings. The highest BCUT2D eigenvalue weighted by Gasteiger charge is 1.93. The van der Waals surface area contributed by atoms with Crippen molar-refractivity contribution in [3.05, 3.63) is 24.3 Å². The molecule has 1 aromatic carbocycles. The van der Waals surface area contributed by atoms with Gasteiger partial charge in [-0.2, -0.15) is 0 Å². The molecule has 0 aromatic heterocycles. The van der Waals surface area contributed by atoms with Gasteiger partial charge in [0.1, 0.15) is 0 Å². The van der Waals surface area contributed by atoms with Gasteiger partial charge >= 0.3 is 0 Å². The van der Waals surface area contributed by atoms with Crippen molar-refractivity contribution >= 4 is 23.3 Å². The van der Waals surface area contributed by atoms with E-state index < -0.39 is 0 Å². The monoisotopic (exact) mass is 212 g/mol. The lowest BCUT2D eigenvalue weighted by Gasteiger charge is -2.12. The highest BCUT2D eigenvalue weighted by molar-refractivity contribution is 7.99. The molecule has 0 heterocycles. The molecular weight excluding hydrogens is 192 g/mol. The number of nitrogens with one attached hydrogen (secondary N) is 1. The second-order valence-corrected chi connectivity index (χ2v) is 3.36. The maximum atomic E-state index is 3.17. The van der Waals surface area contributed by atoms with Gasteiger partial charge in [0, 0.05) is 31.7 Å². The molecule has 1 N–H and O–H groups in total. The van der Waals surface area contributed by atoms with Crippen LogP contribution in [0.3, 0.4) is 0 Å². The molecule has 0 spiro atoms. The number of hydrogen-bond acceptors (Lipinski definition) is 3. The molecule has 1 rings (SSSR count). The summed E-state index contributed by atoms with van der Waals surface area (Å²) in [5.74, 6) is 0. The zero-order valence-electron chi connectivity index (χ0n) is 9.66. The van der Waals surface area contributed by atoms with E-state index in [-0.39, 0.29) is 0 Å². The van der Waals surface area contributed by atoms with Crippen LogP contribution >= 0.6 is 11.9 Å². The number of rotatable bonds is 3. The fraction of sp³-hybridized carbons (Fsp3) is 0.455. The standard InChI is InChI=1S/C9H14N2S.C2H6/c1-11(2)9-6-4-8(5-7-9)10-12-3;1-2/h4-7,10H,1-3H3;1-2H3. The van der Waals surface area contributed by atoms with E-state index >= 15 is 0 Å². The van der Waals surface area contributed by atoms with Gasteiger partial charge in [-0.3, -0.25) is 0 Å². The van der Waals surface area contributed by atoms with Gasteiger partial charge in [-0.1, -0.05) is 25.8 Å². The van der Waals surface area contributed by atoms with Crippen molar-refractivity contribution in [1.29, 1.82) is 0 Å². The first-order valence-electron chi connectivity index (χ1n) is 4.80. The minimum atomic E-state index is 1.15. The lowest BCUT2D eigenvalue weighted by atomic mass is 10.3. The summed E-state index contributed by atoms with van der Waals surface area (Å²) < 4.78 is 3.17. The van der Waals surface area contributed by atoms with Gasteiger partial charge in [0.05, 0.1) is 0 Å². The molecule has 2 nitrogen and oxygen atoms in total. The number of hydrogen-bond donors (Lipinski definition) is 1. The molecule has 0 saturated heterocycles. The second-order valence-electron chi connectivity index (χ2n) is 2.75. The number of anilines is 2. The summed E-state index contributed by atoms with van der Waals surface area (Å²) in [6.45, 7) is 4.00. The zero-order chi connectivity index (χ0) is 11.0. The van der Waals surface area contributed by atoms with Gasteiger partial charge in [0.15, 0.2) is 0 Å². The number of benzene rings is 1. The molecule has 0 atom stereocenters. The largest absolute Gasteiger partial charge is 0.378 e. The van der Waals surface area contributed by atoms with Crippen LogP contribution in [0.2, 0.25) is 0 Å². The van der Waals surface area contributed by atoms with E-state index in [1.54, 1.807) is 11.9 Å². The average molecular weight is 212 g/mol. The lowest BCUT2D eigenvalue weighted by Crippen LogP contribution is -2.07. The van der Waals surface area contributed by atoms with E-state index in [4.69, 9.17) is 0 Å². The van der Waals surface area contributed by atoms with Crippen molar-refractivity contribution in [3.63, 3.8) is 0 Å². The van der Waals surface area contributed by atoms with Crippen molar-refractivity contribution in [1.82, 2.24) is 0 Å². The van der Waals surface area contributed by atoms with Gasteiger partial charge in [0.2, 0.25) is 0 Å². The van der Waals surface area contributed by atoms with Crippen LogP contribution < -0.4 is 9.62 Å². The molecule has 0 radical (unpaired) electrons. The average Bonchev–Trinajstić information content (AvgIpc) is 2.22. The normalized spacial score (nSPS) is 8.64. The van der Waals surface area contributed by atoms with Crippen LogP contribution in [0.5, 0.6) is 0 Å². The maximum Gasteiger partial charge on any atom is 0.0441 e. The molecule has 0 amide bonds. The Hall–Kier alpha value is -0.830. The molecule has 0 aliphatic carbocycles. The third-order valence-corrected chi connectivity index (χ3v) is 2.04. The molecule has 80 valence electrons. The molecule has 0 aliphatic rings. The van der Waals surface area contributed by atoms with E-state index in [9.17, 15) is 0 Å². The van der Waals surface area contributed by atoms with Gasteiger partial charge in [0.25, 0.3) is 0 Å². The fourth-order valence-electron chi connectivity index (χ4n) is 0.945. The Labute approximate surface area is 91.8 Å². The first kappa shape index (κ1) is 13.2. The summed E-state index contributed by atoms with van der Waals surface area (Å²) in [6.07, 6.45) is 2.01. The van der Waals surface area contributed by atoms with E-state index in [0.29, 0.717) is 0 Å². The summed E-state index contributed by atoms with van der Waals surface area (Å²) in [5.41, 5.74) is 2.37. The molecule has 3 heteroatoms. The van der Waals surface area contributed by atoms with Crippen LogP contribution in [0, 0.1) is 0 Å². The Bertz CT molecular complexity index is 232. The zero-order valence-corrected chi connectivity index (χ0v) is 10.5. The summed E-state index contributed by atoms with van der Waals surface area (Å²) in [4.78, 5) is 2.09.